The lowest BCUT2D eigenvalue weighted by molar-refractivity contribution is 0.818. The first-order valence-electron chi connectivity index (χ1n) is 6.54. The van der Waals surface area contributed by atoms with E-state index in [9.17, 15) is 0 Å². The van der Waals surface area contributed by atoms with Crippen molar-refractivity contribution in [2.45, 2.75) is 32.7 Å². The second kappa shape index (κ2) is 5.36. The molecule has 0 bridgehead atoms. The Balaban J connectivity index is 2.43. The molecule has 1 heteroatoms. The van der Waals surface area contributed by atoms with Gasteiger partial charge in [0.25, 0.3) is 0 Å². The average Bonchev–Trinajstić information content (AvgIpc) is 2.39. The molecular formula is C17H21N. The third-order valence-corrected chi connectivity index (χ3v) is 3.33. The number of benzene rings is 2. The van der Waals surface area contributed by atoms with E-state index in [0.717, 1.165) is 0 Å². The van der Waals surface area contributed by atoms with Gasteiger partial charge in [-0.25, -0.2) is 0 Å². The lowest BCUT2D eigenvalue weighted by Gasteiger charge is -2.13. The molecule has 18 heavy (non-hydrogen) atoms. The van der Waals surface area contributed by atoms with Crippen molar-refractivity contribution in [3.8, 4) is 11.1 Å². The summed E-state index contributed by atoms with van der Waals surface area (Å²) in [6.07, 6.45) is 0. The van der Waals surface area contributed by atoms with Crippen molar-refractivity contribution in [2.75, 3.05) is 0 Å². The Morgan fingerprint density at radius 2 is 1.44 bits per heavy atom. The van der Waals surface area contributed by atoms with Crippen LogP contribution in [0.1, 0.15) is 43.9 Å². The highest BCUT2D eigenvalue weighted by Crippen LogP contribution is 2.29. The fraction of sp³-hybridized carbons (Fsp3) is 0.294. The first kappa shape index (κ1) is 12.8. The van der Waals surface area contributed by atoms with E-state index in [4.69, 9.17) is 5.73 Å². The van der Waals surface area contributed by atoms with Gasteiger partial charge in [-0.1, -0.05) is 62.4 Å². The zero-order valence-electron chi connectivity index (χ0n) is 11.4. The van der Waals surface area contributed by atoms with Crippen LogP contribution < -0.4 is 5.73 Å². The highest BCUT2D eigenvalue weighted by Gasteiger charge is 2.08. The van der Waals surface area contributed by atoms with Crippen LogP contribution in [0.3, 0.4) is 0 Å². The standard InChI is InChI=1S/C17H21N/c1-12(2)16-6-4-5-7-17(16)15-10-8-14(9-11-15)13(3)18/h4-13H,18H2,1-3H3. The molecule has 1 nitrogen and oxygen atoms in total. The number of nitrogens with two attached hydrogens (primary N) is 1. The van der Waals surface area contributed by atoms with Crippen LogP contribution in [-0.4, -0.2) is 0 Å². The van der Waals surface area contributed by atoms with E-state index < -0.39 is 0 Å². The Bertz CT molecular complexity index is 509. The summed E-state index contributed by atoms with van der Waals surface area (Å²) in [4.78, 5) is 0. The van der Waals surface area contributed by atoms with Crippen LogP contribution in [0.5, 0.6) is 0 Å². The fourth-order valence-electron chi connectivity index (χ4n) is 2.23. The van der Waals surface area contributed by atoms with E-state index in [1.54, 1.807) is 0 Å². The molecule has 0 aliphatic heterocycles. The van der Waals surface area contributed by atoms with E-state index in [1.165, 1.54) is 22.3 Å². The molecule has 0 spiro atoms. The number of hydrogen-bond donors (Lipinski definition) is 1. The molecule has 0 aliphatic rings. The Labute approximate surface area is 110 Å². The molecule has 0 saturated heterocycles. The van der Waals surface area contributed by atoms with E-state index in [1.807, 2.05) is 6.92 Å². The van der Waals surface area contributed by atoms with Crippen LogP contribution in [0.2, 0.25) is 0 Å². The fourth-order valence-corrected chi connectivity index (χ4v) is 2.23. The summed E-state index contributed by atoms with van der Waals surface area (Å²) < 4.78 is 0. The predicted octanol–water partition coefficient (Wildman–Crippen LogP) is 4.50. The SMILES string of the molecule is CC(C)c1ccccc1-c1ccc(C(C)N)cc1. The molecule has 0 amide bonds. The van der Waals surface area contributed by atoms with Gasteiger partial charge in [-0.05, 0) is 35.1 Å². The zero-order chi connectivity index (χ0) is 13.1. The van der Waals surface area contributed by atoms with Crippen molar-refractivity contribution < 1.29 is 0 Å². The zero-order valence-corrected chi connectivity index (χ0v) is 11.4. The molecule has 2 N–H and O–H groups in total. The van der Waals surface area contributed by atoms with Crippen molar-refractivity contribution in [1.29, 1.82) is 0 Å². The number of hydrogen-bond acceptors (Lipinski definition) is 1. The molecule has 1 atom stereocenters. The van der Waals surface area contributed by atoms with E-state index in [2.05, 4.69) is 62.4 Å². The minimum Gasteiger partial charge on any atom is -0.324 e. The highest BCUT2D eigenvalue weighted by atomic mass is 14.6. The summed E-state index contributed by atoms with van der Waals surface area (Å²) in [5.74, 6) is 0.536. The van der Waals surface area contributed by atoms with Crippen molar-refractivity contribution in [2.24, 2.45) is 5.73 Å². The number of rotatable bonds is 3. The van der Waals surface area contributed by atoms with Gasteiger partial charge < -0.3 is 5.73 Å². The van der Waals surface area contributed by atoms with Gasteiger partial charge in [0.15, 0.2) is 0 Å². The largest absolute Gasteiger partial charge is 0.324 e. The highest BCUT2D eigenvalue weighted by molar-refractivity contribution is 5.68. The predicted molar refractivity (Wildman–Crippen MR) is 78.6 cm³/mol. The van der Waals surface area contributed by atoms with Crippen LogP contribution in [0.25, 0.3) is 11.1 Å². The quantitative estimate of drug-likeness (QED) is 0.838. The average molecular weight is 239 g/mol. The van der Waals surface area contributed by atoms with Gasteiger partial charge in [0, 0.05) is 6.04 Å². The van der Waals surface area contributed by atoms with Crippen molar-refractivity contribution >= 4 is 0 Å². The molecule has 94 valence electrons. The molecule has 2 aromatic carbocycles. The van der Waals surface area contributed by atoms with Crippen LogP contribution in [-0.2, 0) is 0 Å². The Morgan fingerprint density at radius 3 is 2.00 bits per heavy atom. The maximum Gasteiger partial charge on any atom is 0.0266 e. The minimum atomic E-state index is 0.0967. The smallest absolute Gasteiger partial charge is 0.0266 e. The summed E-state index contributed by atoms with van der Waals surface area (Å²) in [6, 6.07) is 17.3. The van der Waals surface area contributed by atoms with Crippen LogP contribution in [0.4, 0.5) is 0 Å². The van der Waals surface area contributed by atoms with Gasteiger partial charge in [0.2, 0.25) is 0 Å². The van der Waals surface area contributed by atoms with Gasteiger partial charge in [0.05, 0.1) is 0 Å². The maximum atomic E-state index is 5.88. The topological polar surface area (TPSA) is 26.0 Å². The third kappa shape index (κ3) is 2.62. The molecule has 2 aromatic rings. The molecule has 0 fully saturated rings. The van der Waals surface area contributed by atoms with Gasteiger partial charge in [-0.15, -0.1) is 0 Å². The first-order chi connectivity index (χ1) is 8.59. The van der Waals surface area contributed by atoms with Gasteiger partial charge in [-0.3, -0.25) is 0 Å². The lowest BCUT2D eigenvalue weighted by Crippen LogP contribution is -2.04. The van der Waals surface area contributed by atoms with Gasteiger partial charge in [-0.2, -0.15) is 0 Å². The summed E-state index contributed by atoms with van der Waals surface area (Å²) in [5.41, 5.74) is 11.0. The van der Waals surface area contributed by atoms with E-state index >= 15 is 0 Å². The molecule has 2 rings (SSSR count). The Morgan fingerprint density at radius 1 is 0.833 bits per heavy atom. The Hall–Kier alpha value is -1.60. The maximum absolute atomic E-state index is 5.88. The summed E-state index contributed by atoms with van der Waals surface area (Å²) in [7, 11) is 0. The first-order valence-corrected chi connectivity index (χ1v) is 6.54. The van der Waals surface area contributed by atoms with Gasteiger partial charge in [0.1, 0.15) is 0 Å². The molecular weight excluding hydrogens is 218 g/mol. The second-order valence-electron chi connectivity index (χ2n) is 5.15. The van der Waals surface area contributed by atoms with Crippen LogP contribution in [0, 0.1) is 0 Å². The molecule has 1 unspecified atom stereocenters. The summed E-state index contributed by atoms with van der Waals surface area (Å²) in [5, 5.41) is 0. The summed E-state index contributed by atoms with van der Waals surface area (Å²) >= 11 is 0. The summed E-state index contributed by atoms with van der Waals surface area (Å²) in [6.45, 7) is 6.47. The molecule has 0 aromatic heterocycles. The monoisotopic (exact) mass is 239 g/mol. The Kier molecular flexibility index (Phi) is 3.83. The molecule has 0 heterocycles. The van der Waals surface area contributed by atoms with Crippen molar-refractivity contribution in [3.05, 3.63) is 59.7 Å². The van der Waals surface area contributed by atoms with E-state index in [-0.39, 0.29) is 6.04 Å². The van der Waals surface area contributed by atoms with Crippen molar-refractivity contribution in [3.63, 3.8) is 0 Å². The second-order valence-corrected chi connectivity index (χ2v) is 5.15. The van der Waals surface area contributed by atoms with Crippen LogP contribution in [0.15, 0.2) is 48.5 Å². The molecule has 0 aliphatic carbocycles. The molecule has 0 saturated carbocycles. The normalized spacial score (nSPS) is 12.7. The van der Waals surface area contributed by atoms with Crippen LogP contribution >= 0.6 is 0 Å². The van der Waals surface area contributed by atoms with Crippen molar-refractivity contribution in [1.82, 2.24) is 0 Å². The van der Waals surface area contributed by atoms with Gasteiger partial charge >= 0.3 is 0 Å². The lowest BCUT2D eigenvalue weighted by atomic mass is 9.92. The minimum absolute atomic E-state index is 0.0967. The molecule has 0 radical (unpaired) electrons. The third-order valence-electron chi connectivity index (χ3n) is 3.33. The van der Waals surface area contributed by atoms with E-state index in [0.29, 0.717) is 5.92 Å².